The van der Waals surface area contributed by atoms with Crippen molar-refractivity contribution in [2.75, 3.05) is 0 Å². The molecule has 1 saturated carbocycles. The van der Waals surface area contributed by atoms with Crippen molar-refractivity contribution in [2.45, 2.75) is 18.9 Å². The Morgan fingerprint density at radius 3 is 2.86 bits per heavy atom. The van der Waals surface area contributed by atoms with Gasteiger partial charge in [0.25, 0.3) is 0 Å². The van der Waals surface area contributed by atoms with E-state index < -0.39 is 6.10 Å². The zero-order valence-electron chi connectivity index (χ0n) is 7.77. The second-order valence-electron chi connectivity index (χ2n) is 3.61. The van der Waals surface area contributed by atoms with Gasteiger partial charge in [0.2, 0.25) is 5.78 Å². The smallest absolute Gasteiger partial charge is 0.211 e. The van der Waals surface area contributed by atoms with Gasteiger partial charge >= 0.3 is 0 Å². The monoisotopic (exact) mass is 214 g/mol. The number of aliphatic hydroxyl groups excluding tert-OH is 1. The van der Waals surface area contributed by atoms with Crippen LogP contribution >= 0.6 is 11.6 Å². The maximum atomic E-state index is 11.7. The molecule has 0 radical (unpaired) electrons. The molecule has 1 fully saturated rings. The van der Waals surface area contributed by atoms with Crippen molar-refractivity contribution in [3.63, 3.8) is 0 Å². The van der Waals surface area contributed by atoms with Crippen molar-refractivity contribution >= 4 is 17.4 Å². The van der Waals surface area contributed by atoms with Crippen molar-refractivity contribution in [1.82, 2.24) is 9.78 Å². The summed E-state index contributed by atoms with van der Waals surface area (Å²) in [6.07, 6.45) is 2.34. The summed E-state index contributed by atoms with van der Waals surface area (Å²) in [7, 11) is 1.64. The summed E-state index contributed by atoms with van der Waals surface area (Å²) in [5, 5.41) is 13.8. The molecule has 1 aromatic rings. The first-order valence-corrected chi connectivity index (χ1v) is 4.89. The van der Waals surface area contributed by atoms with Gasteiger partial charge in [-0.3, -0.25) is 9.48 Å². The van der Waals surface area contributed by atoms with Crippen molar-refractivity contribution in [2.24, 2.45) is 13.0 Å². The van der Waals surface area contributed by atoms with Crippen LogP contribution in [0.25, 0.3) is 0 Å². The van der Waals surface area contributed by atoms with E-state index in [0.717, 1.165) is 12.8 Å². The largest absolute Gasteiger partial charge is 0.385 e. The van der Waals surface area contributed by atoms with E-state index in [0.29, 0.717) is 10.7 Å². The number of carbonyl (C=O) groups excluding carboxylic acids is 1. The molecule has 0 aliphatic heterocycles. The first-order valence-electron chi connectivity index (χ1n) is 4.51. The first kappa shape index (κ1) is 9.68. The summed E-state index contributed by atoms with van der Waals surface area (Å²) in [4.78, 5) is 11.7. The number of ketones is 1. The van der Waals surface area contributed by atoms with E-state index in [1.807, 2.05) is 0 Å². The maximum absolute atomic E-state index is 11.7. The van der Waals surface area contributed by atoms with E-state index in [1.54, 1.807) is 7.05 Å². The molecule has 0 bridgehead atoms. The lowest BCUT2D eigenvalue weighted by molar-refractivity contribution is 0.0694. The predicted molar refractivity (Wildman–Crippen MR) is 51.3 cm³/mol. The number of halogens is 1. The second-order valence-corrected chi connectivity index (χ2v) is 4.02. The summed E-state index contributed by atoms with van der Waals surface area (Å²) in [6, 6.07) is 0. The van der Waals surface area contributed by atoms with Crippen LogP contribution in [0.15, 0.2) is 6.20 Å². The van der Waals surface area contributed by atoms with Crippen LogP contribution in [-0.2, 0) is 7.05 Å². The molecular weight excluding hydrogens is 204 g/mol. The van der Waals surface area contributed by atoms with Crippen LogP contribution in [0, 0.1) is 5.92 Å². The first-order chi connectivity index (χ1) is 6.61. The Morgan fingerprint density at radius 2 is 2.43 bits per heavy atom. The Hall–Kier alpha value is -0.870. The number of Topliss-reactive ketones (excluding diaryl/α,β-unsaturated/α-hetero) is 1. The third kappa shape index (κ3) is 1.55. The lowest BCUT2D eigenvalue weighted by atomic mass is 10.1. The van der Waals surface area contributed by atoms with Crippen LogP contribution in [0.3, 0.4) is 0 Å². The molecule has 5 heteroatoms. The van der Waals surface area contributed by atoms with Crippen molar-refractivity contribution in [3.05, 3.63) is 16.9 Å². The summed E-state index contributed by atoms with van der Waals surface area (Å²) in [6.45, 7) is 0. The number of hydrogen-bond acceptors (Lipinski definition) is 3. The standard InChI is InChI=1S/C9H11ClN2O2/c1-12-7(6(10)4-11-12)9(14)8(13)5-2-3-5/h4-5,8,13H,2-3H2,1H3. The highest BCUT2D eigenvalue weighted by Crippen LogP contribution is 2.34. The number of aryl methyl sites for hydroxylation is 1. The van der Waals surface area contributed by atoms with Gasteiger partial charge in [-0.2, -0.15) is 5.10 Å². The van der Waals surface area contributed by atoms with Crippen molar-refractivity contribution in [1.29, 1.82) is 0 Å². The molecule has 1 aliphatic rings. The molecule has 1 heterocycles. The van der Waals surface area contributed by atoms with E-state index in [1.165, 1.54) is 10.9 Å². The van der Waals surface area contributed by atoms with E-state index in [9.17, 15) is 9.90 Å². The summed E-state index contributed by atoms with van der Waals surface area (Å²) in [5.74, 6) is -0.203. The van der Waals surface area contributed by atoms with Crippen LogP contribution < -0.4 is 0 Å². The van der Waals surface area contributed by atoms with Crippen molar-refractivity contribution in [3.8, 4) is 0 Å². The normalized spacial score (nSPS) is 18.2. The Balaban J connectivity index is 2.25. The molecule has 0 spiro atoms. The van der Waals surface area contributed by atoms with Crippen molar-refractivity contribution < 1.29 is 9.90 Å². The molecule has 0 amide bonds. The van der Waals surface area contributed by atoms with Gasteiger partial charge in [0.05, 0.1) is 11.2 Å². The Kier molecular flexibility index (Phi) is 2.33. The van der Waals surface area contributed by atoms with E-state index >= 15 is 0 Å². The maximum Gasteiger partial charge on any atom is 0.211 e. The van der Waals surface area contributed by atoms with Gasteiger partial charge in [-0.15, -0.1) is 0 Å². The van der Waals surface area contributed by atoms with E-state index in [2.05, 4.69) is 5.10 Å². The lowest BCUT2D eigenvalue weighted by Gasteiger charge is -2.08. The second kappa shape index (κ2) is 3.37. The highest BCUT2D eigenvalue weighted by molar-refractivity contribution is 6.33. The quantitative estimate of drug-likeness (QED) is 0.765. The fourth-order valence-electron chi connectivity index (χ4n) is 1.45. The van der Waals surface area contributed by atoms with Gasteiger partial charge in [0, 0.05) is 7.05 Å². The predicted octanol–water partition coefficient (Wildman–Crippen LogP) is 1.03. The SMILES string of the molecule is Cn1ncc(Cl)c1C(=O)C(O)C1CC1. The van der Waals surface area contributed by atoms with Gasteiger partial charge in [-0.05, 0) is 18.8 Å². The molecule has 0 aromatic carbocycles. The summed E-state index contributed by atoms with van der Waals surface area (Å²) >= 11 is 5.79. The number of aromatic nitrogens is 2. The van der Waals surface area contributed by atoms with Crippen LogP contribution in [0.1, 0.15) is 23.3 Å². The molecule has 14 heavy (non-hydrogen) atoms. The highest BCUT2D eigenvalue weighted by atomic mass is 35.5. The third-order valence-electron chi connectivity index (χ3n) is 2.46. The molecule has 0 saturated heterocycles. The van der Waals surface area contributed by atoms with Gasteiger partial charge < -0.3 is 5.11 Å². The Bertz CT molecular complexity index is 351. The highest BCUT2D eigenvalue weighted by Gasteiger charge is 2.36. The molecule has 76 valence electrons. The zero-order valence-corrected chi connectivity index (χ0v) is 8.53. The summed E-state index contributed by atoms with van der Waals surface area (Å²) < 4.78 is 1.40. The number of nitrogens with zero attached hydrogens (tertiary/aromatic N) is 2. The third-order valence-corrected chi connectivity index (χ3v) is 2.74. The fourth-order valence-corrected chi connectivity index (χ4v) is 1.71. The molecule has 1 unspecified atom stereocenters. The fraction of sp³-hybridized carbons (Fsp3) is 0.556. The Labute approximate surface area is 86.5 Å². The van der Waals surface area contributed by atoms with Crippen LogP contribution in [0.4, 0.5) is 0 Å². The minimum atomic E-state index is -0.914. The number of aliphatic hydroxyl groups is 1. The molecule has 2 rings (SSSR count). The molecule has 1 atom stereocenters. The number of hydrogen-bond donors (Lipinski definition) is 1. The summed E-state index contributed by atoms with van der Waals surface area (Å²) in [5.41, 5.74) is 0.297. The Morgan fingerprint density at radius 1 is 1.79 bits per heavy atom. The van der Waals surface area contributed by atoms with Crippen LogP contribution in [0.5, 0.6) is 0 Å². The average Bonchev–Trinajstić information content (AvgIpc) is 2.92. The van der Waals surface area contributed by atoms with Crippen LogP contribution in [-0.4, -0.2) is 26.8 Å². The van der Waals surface area contributed by atoms with Crippen LogP contribution in [0.2, 0.25) is 5.02 Å². The topological polar surface area (TPSA) is 55.1 Å². The molecule has 1 aliphatic carbocycles. The average molecular weight is 215 g/mol. The molecular formula is C9H11ClN2O2. The van der Waals surface area contributed by atoms with Gasteiger partial charge in [0.1, 0.15) is 11.8 Å². The molecule has 1 aromatic heterocycles. The minimum Gasteiger partial charge on any atom is -0.385 e. The number of carbonyl (C=O) groups is 1. The van der Waals surface area contributed by atoms with E-state index in [-0.39, 0.29) is 11.7 Å². The zero-order chi connectivity index (χ0) is 10.3. The van der Waals surface area contributed by atoms with Gasteiger partial charge in [-0.1, -0.05) is 11.6 Å². The minimum absolute atomic E-state index is 0.119. The molecule has 1 N–H and O–H groups in total. The van der Waals surface area contributed by atoms with Gasteiger partial charge in [0.15, 0.2) is 0 Å². The lowest BCUT2D eigenvalue weighted by Crippen LogP contribution is -2.25. The van der Waals surface area contributed by atoms with E-state index in [4.69, 9.17) is 11.6 Å². The van der Waals surface area contributed by atoms with Gasteiger partial charge in [-0.25, -0.2) is 0 Å². The molecule has 4 nitrogen and oxygen atoms in total. The number of rotatable bonds is 3.